The summed E-state index contributed by atoms with van der Waals surface area (Å²) in [5, 5.41) is 7.41. The summed E-state index contributed by atoms with van der Waals surface area (Å²) in [6.45, 7) is 0. The van der Waals surface area contributed by atoms with Crippen molar-refractivity contribution in [3.63, 3.8) is 0 Å². The second kappa shape index (κ2) is 2.64. The molecule has 56 valence electrons. The Morgan fingerprint density at radius 3 is 1.70 bits per heavy atom. The normalized spacial score (nSPS) is 10.4. The Balaban J connectivity index is 4.71. The van der Waals surface area contributed by atoms with Crippen LogP contribution in [0, 0.1) is 11.3 Å². The van der Waals surface area contributed by atoms with Crippen LogP contribution in [0.4, 0.5) is 22.0 Å². The molecule has 0 radical (unpaired) electrons. The lowest BCUT2D eigenvalue weighted by molar-refractivity contribution is 0.0691. The van der Waals surface area contributed by atoms with E-state index in [4.69, 9.17) is 5.26 Å². The van der Waals surface area contributed by atoms with Gasteiger partial charge in [-0.2, -0.15) is 27.2 Å². The molecule has 0 heterocycles. The molecule has 0 amide bonds. The van der Waals surface area contributed by atoms with Crippen molar-refractivity contribution in [1.29, 1.82) is 5.26 Å². The fourth-order valence-electron chi connectivity index (χ4n) is 0.168. The minimum absolute atomic E-state index is 0.0762. The number of nitrogens with zero attached hydrogens (tertiary/aromatic N) is 1. The zero-order chi connectivity index (χ0) is 8.36. The third-order valence-corrected chi connectivity index (χ3v) is 0.582. The molecule has 0 rings (SSSR count). The van der Waals surface area contributed by atoms with Gasteiger partial charge in [0.15, 0.2) is 0 Å². The SMILES string of the molecule is N#CC(F)(F)C(F)=C(F)F. The zero-order valence-corrected chi connectivity index (χ0v) is 4.34. The fraction of sp³-hybridized carbons (Fsp3) is 0.250. The van der Waals surface area contributed by atoms with Gasteiger partial charge in [0, 0.05) is 0 Å². The number of hydrogen-bond donors (Lipinski definition) is 0. The number of alkyl halides is 2. The molecule has 0 spiro atoms. The Kier molecular flexibility index (Phi) is 2.35. The van der Waals surface area contributed by atoms with E-state index >= 15 is 0 Å². The summed E-state index contributed by atoms with van der Waals surface area (Å²) in [6, 6.07) is 0.0762. The van der Waals surface area contributed by atoms with Crippen LogP contribution in [-0.2, 0) is 0 Å². The quantitative estimate of drug-likeness (QED) is 0.535. The van der Waals surface area contributed by atoms with E-state index in [1.807, 2.05) is 0 Å². The number of allylic oxidation sites excluding steroid dienone is 1. The molecule has 0 aliphatic rings. The van der Waals surface area contributed by atoms with Crippen LogP contribution in [0.3, 0.4) is 0 Å². The summed E-state index contributed by atoms with van der Waals surface area (Å²) in [5.74, 6) is -7.70. The highest BCUT2D eigenvalue weighted by molar-refractivity contribution is 5.15. The molecule has 0 N–H and O–H groups in total. The van der Waals surface area contributed by atoms with Crippen LogP contribution < -0.4 is 0 Å². The third kappa shape index (κ3) is 1.69. The molecule has 10 heavy (non-hydrogen) atoms. The van der Waals surface area contributed by atoms with Gasteiger partial charge in [0.1, 0.15) is 6.07 Å². The van der Waals surface area contributed by atoms with Gasteiger partial charge in [0.25, 0.3) is 0 Å². The monoisotopic (exact) mass is 157 g/mol. The standard InChI is InChI=1S/C4F5N/c5-2(3(6)7)4(8,9)1-10. The minimum Gasteiger partial charge on any atom is -0.198 e. The van der Waals surface area contributed by atoms with Crippen molar-refractivity contribution >= 4 is 0 Å². The Hall–Kier alpha value is -1.12. The van der Waals surface area contributed by atoms with Gasteiger partial charge in [0.2, 0.25) is 5.83 Å². The minimum atomic E-state index is -4.71. The van der Waals surface area contributed by atoms with Crippen molar-refractivity contribution < 1.29 is 22.0 Å². The zero-order valence-electron chi connectivity index (χ0n) is 4.34. The fourth-order valence-corrected chi connectivity index (χ4v) is 0.168. The topological polar surface area (TPSA) is 23.8 Å². The summed E-state index contributed by atoms with van der Waals surface area (Å²) < 4.78 is 56.5. The highest BCUT2D eigenvalue weighted by Crippen LogP contribution is 2.27. The van der Waals surface area contributed by atoms with E-state index in [0.29, 0.717) is 0 Å². The Labute approximate surface area is 52.4 Å². The van der Waals surface area contributed by atoms with Gasteiger partial charge in [-0.25, -0.2) is 0 Å². The molecule has 0 aromatic heterocycles. The van der Waals surface area contributed by atoms with Gasteiger partial charge >= 0.3 is 12.0 Å². The molecule has 0 bridgehead atoms. The van der Waals surface area contributed by atoms with E-state index < -0.39 is 17.8 Å². The summed E-state index contributed by atoms with van der Waals surface area (Å²) in [7, 11) is 0. The molecular weight excluding hydrogens is 157 g/mol. The van der Waals surface area contributed by atoms with Crippen molar-refractivity contribution in [1.82, 2.24) is 0 Å². The van der Waals surface area contributed by atoms with E-state index in [-0.39, 0.29) is 6.07 Å². The van der Waals surface area contributed by atoms with Gasteiger partial charge in [0.05, 0.1) is 0 Å². The molecule has 0 aromatic rings. The second-order valence-electron chi connectivity index (χ2n) is 1.26. The Morgan fingerprint density at radius 1 is 1.20 bits per heavy atom. The van der Waals surface area contributed by atoms with Gasteiger partial charge < -0.3 is 0 Å². The van der Waals surface area contributed by atoms with E-state index in [9.17, 15) is 22.0 Å². The number of rotatable bonds is 1. The lowest BCUT2D eigenvalue weighted by atomic mass is 10.3. The van der Waals surface area contributed by atoms with Gasteiger partial charge in [-0.1, -0.05) is 0 Å². The number of hydrogen-bond acceptors (Lipinski definition) is 1. The molecule has 1 nitrogen and oxygen atoms in total. The molecule has 0 aliphatic heterocycles. The van der Waals surface area contributed by atoms with Crippen LogP contribution in [0.25, 0.3) is 0 Å². The van der Waals surface area contributed by atoms with Crippen molar-refractivity contribution in [3.05, 3.63) is 11.9 Å². The average Bonchev–Trinajstić information content (AvgIpc) is 1.86. The summed E-state index contributed by atoms with van der Waals surface area (Å²) >= 11 is 0. The summed E-state index contributed by atoms with van der Waals surface area (Å²) in [4.78, 5) is 0. The van der Waals surface area contributed by atoms with E-state index in [1.165, 1.54) is 0 Å². The third-order valence-electron chi connectivity index (χ3n) is 0.582. The smallest absolute Gasteiger partial charge is 0.198 e. The predicted molar refractivity (Wildman–Crippen MR) is 20.9 cm³/mol. The number of nitriles is 1. The Bertz CT molecular complexity index is 196. The lowest BCUT2D eigenvalue weighted by Gasteiger charge is -2.00. The van der Waals surface area contributed by atoms with Crippen molar-refractivity contribution in [3.8, 4) is 6.07 Å². The first kappa shape index (κ1) is 8.88. The maximum absolute atomic E-state index is 11.5. The molecule has 0 saturated heterocycles. The van der Waals surface area contributed by atoms with Crippen molar-refractivity contribution in [2.24, 2.45) is 0 Å². The highest BCUT2D eigenvalue weighted by Gasteiger charge is 2.38. The lowest BCUT2D eigenvalue weighted by Crippen LogP contribution is -2.13. The maximum atomic E-state index is 11.5. The molecular formula is C4F5N. The van der Waals surface area contributed by atoms with Gasteiger partial charge in [-0.05, 0) is 0 Å². The molecule has 6 heteroatoms. The molecule has 0 aromatic carbocycles. The van der Waals surface area contributed by atoms with Crippen LogP contribution in [-0.4, -0.2) is 5.92 Å². The first-order valence-corrected chi connectivity index (χ1v) is 1.92. The summed E-state index contributed by atoms with van der Waals surface area (Å²) in [6.07, 6.45) is -3.17. The van der Waals surface area contributed by atoms with E-state index in [1.54, 1.807) is 0 Å². The largest absolute Gasteiger partial charge is 0.388 e. The molecule has 0 aliphatic carbocycles. The first-order valence-electron chi connectivity index (χ1n) is 1.92. The maximum Gasteiger partial charge on any atom is 0.388 e. The molecule has 0 fully saturated rings. The van der Waals surface area contributed by atoms with E-state index in [0.717, 1.165) is 0 Å². The van der Waals surface area contributed by atoms with Crippen LogP contribution in [0.15, 0.2) is 11.9 Å². The van der Waals surface area contributed by atoms with Gasteiger partial charge in [-0.15, -0.1) is 0 Å². The van der Waals surface area contributed by atoms with Crippen LogP contribution in [0.2, 0.25) is 0 Å². The predicted octanol–water partition coefficient (Wildman–Crippen LogP) is 2.22. The van der Waals surface area contributed by atoms with Crippen molar-refractivity contribution in [2.75, 3.05) is 0 Å². The average molecular weight is 157 g/mol. The van der Waals surface area contributed by atoms with E-state index in [2.05, 4.69) is 0 Å². The first-order chi connectivity index (χ1) is 4.41. The number of halogens is 5. The van der Waals surface area contributed by atoms with Gasteiger partial charge in [-0.3, -0.25) is 0 Å². The van der Waals surface area contributed by atoms with Crippen LogP contribution in [0.1, 0.15) is 0 Å². The van der Waals surface area contributed by atoms with Crippen LogP contribution in [0.5, 0.6) is 0 Å². The molecule has 0 atom stereocenters. The Morgan fingerprint density at radius 2 is 1.60 bits per heavy atom. The van der Waals surface area contributed by atoms with Crippen molar-refractivity contribution in [2.45, 2.75) is 5.92 Å². The van der Waals surface area contributed by atoms with Crippen LogP contribution >= 0.6 is 0 Å². The molecule has 0 saturated carbocycles. The highest BCUT2D eigenvalue weighted by atomic mass is 19.3. The summed E-state index contributed by atoms with van der Waals surface area (Å²) in [5.41, 5.74) is 0. The molecule has 0 unspecified atom stereocenters. The second-order valence-corrected chi connectivity index (χ2v) is 1.26.